The fraction of sp³-hybridized carbons (Fsp3) is 0.500. The van der Waals surface area contributed by atoms with Gasteiger partial charge in [0.25, 0.3) is 0 Å². The third-order valence-corrected chi connectivity index (χ3v) is 4.20. The molecule has 0 bridgehead atoms. The first kappa shape index (κ1) is 17.7. The number of pyridine rings is 1. The topological polar surface area (TPSA) is 92.2 Å². The van der Waals surface area contributed by atoms with Gasteiger partial charge in [0, 0.05) is 49.6 Å². The largest absolute Gasteiger partial charge is 0.387 e. The molecule has 2 aromatic heterocycles. The van der Waals surface area contributed by atoms with E-state index in [9.17, 15) is 5.11 Å². The van der Waals surface area contributed by atoms with E-state index in [1.54, 1.807) is 12.4 Å². The average Bonchev–Trinajstić information content (AvgIpc) is 2.90. The molecule has 2 aromatic rings. The van der Waals surface area contributed by atoms with Crippen molar-refractivity contribution >= 4 is 5.82 Å². The summed E-state index contributed by atoms with van der Waals surface area (Å²) in [6, 6.07) is 3.69. The van der Waals surface area contributed by atoms with Gasteiger partial charge in [0.15, 0.2) is 5.82 Å². The van der Waals surface area contributed by atoms with Gasteiger partial charge in [-0.25, -0.2) is 9.97 Å². The fourth-order valence-electron chi connectivity index (χ4n) is 2.88. The van der Waals surface area contributed by atoms with Crippen LogP contribution >= 0.6 is 0 Å². The van der Waals surface area contributed by atoms with Gasteiger partial charge in [0.05, 0.1) is 11.8 Å². The van der Waals surface area contributed by atoms with E-state index in [0.717, 1.165) is 48.6 Å². The van der Waals surface area contributed by atoms with Gasteiger partial charge < -0.3 is 20.5 Å². The zero-order chi connectivity index (χ0) is 17.5. The maximum absolute atomic E-state index is 10.4. The van der Waals surface area contributed by atoms with Crippen molar-refractivity contribution in [2.24, 2.45) is 0 Å². The summed E-state index contributed by atoms with van der Waals surface area (Å²) in [5, 5.41) is 17.1. The Bertz CT molecular complexity index is 681. The molecule has 0 radical (unpaired) electrons. The normalized spacial score (nSPS) is 15.3. The minimum Gasteiger partial charge on any atom is -0.387 e. The van der Waals surface area contributed by atoms with Gasteiger partial charge >= 0.3 is 0 Å². The summed E-state index contributed by atoms with van der Waals surface area (Å²) in [6.07, 6.45) is 4.48. The van der Waals surface area contributed by atoms with Crippen LogP contribution in [0.5, 0.6) is 0 Å². The van der Waals surface area contributed by atoms with E-state index in [0.29, 0.717) is 25.6 Å². The zero-order valence-electron chi connectivity index (χ0n) is 14.5. The molecule has 3 N–H and O–H groups in total. The van der Waals surface area contributed by atoms with Crippen LogP contribution in [0.15, 0.2) is 24.5 Å². The van der Waals surface area contributed by atoms with Crippen LogP contribution < -0.4 is 10.6 Å². The van der Waals surface area contributed by atoms with E-state index in [1.165, 1.54) is 0 Å². The first-order chi connectivity index (χ1) is 12.3. The smallest absolute Gasteiger partial charge is 0.156 e. The van der Waals surface area contributed by atoms with E-state index in [4.69, 9.17) is 4.74 Å². The summed E-state index contributed by atoms with van der Waals surface area (Å²) >= 11 is 0. The Kier molecular flexibility index (Phi) is 6.27. The summed E-state index contributed by atoms with van der Waals surface area (Å²) < 4.78 is 5.47. The van der Waals surface area contributed by atoms with Gasteiger partial charge in [-0.2, -0.15) is 0 Å². The molecule has 3 rings (SSSR count). The van der Waals surface area contributed by atoms with Crippen molar-refractivity contribution in [2.75, 3.05) is 31.6 Å². The van der Waals surface area contributed by atoms with Crippen molar-refractivity contribution in [2.45, 2.75) is 32.5 Å². The monoisotopic (exact) mass is 343 g/mol. The first-order valence-corrected chi connectivity index (χ1v) is 8.77. The van der Waals surface area contributed by atoms with Crippen LogP contribution in [-0.2, 0) is 24.2 Å². The quantitative estimate of drug-likeness (QED) is 0.696. The molecule has 134 valence electrons. The highest BCUT2D eigenvalue weighted by molar-refractivity contribution is 5.48. The predicted molar refractivity (Wildman–Crippen MR) is 95.3 cm³/mol. The van der Waals surface area contributed by atoms with Crippen molar-refractivity contribution in [3.05, 3.63) is 47.2 Å². The number of hydrogen-bond donors (Lipinski definition) is 3. The molecule has 25 heavy (non-hydrogen) atoms. The Labute approximate surface area is 147 Å². The van der Waals surface area contributed by atoms with Gasteiger partial charge in [-0.1, -0.05) is 6.07 Å². The third kappa shape index (κ3) is 4.72. The Morgan fingerprint density at radius 1 is 1.32 bits per heavy atom. The number of fused-ring (bicyclic) bond motifs is 1. The number of anilines is 1. The van der Waals surface area contributed by atoms with Crippen LogP contribution in [0, 0.1) is 0 Å². The molecule has 0 amide bonds. The maximum atomic E-state index is 10.4. The lowest BCUT2D eigenvalue weighted by atomic mass is 10.1. The Hall–Kier alpha value is -2.09. The molecule has 7 heteroatoms. The molecule has 0 saturated carbocycles. The summed E-state index contributed by atoms with van der Waals surface area (Å²) in [4.78, 5) is 13.4. The van der Waals surface area contributed by atoms with E-state index >= 15 is 0 Å². The molecule has 1 aliphatic heterocycles. The van der Waals surface area contributed by atoms with Gasteiger partial charge in [-0.3, -0.25) is 4.98 Å². The molecule has 3 heterocycles. The molecule has 0 aliphatic carbocycles. The van der Waals surface area contributed by atoms with Crippen LogP contribution in [0.25, 0.3) is 0 Å². The van der Waals surface area contributed by atoms with Crippen LogP contribution in [0.4, 0.5) is 5.82 Å². The Morgan fingerprint density at radius 3 is 3.00 bits per heavy atom. The van der Waals surface area contributed by atoms with Crippen molar-refractivity contribution in [3.8, 4) is 0 Å². The molecule has 0 saturated heterocycles. The van der Waals surface area contributed by atoms with Crippen LogP contribution in [-0.4, -0.2) is 46.3 Å². The standard InChI is InChI=1S/C18H25N5O2/c1-2-25-12-17-22-15-6-9-19-8-5-14(15)18(23-17)21-11-16(24)13-4-3-7-20-10-13/h3-4,7,10,16,19,24H,2,5-6,8-9,11-12H2,1H3,(H,21,22,23)/t16-/m1/s1. The number of nitrogens with one attached hydrogen (secondary N) is 2. The Morgan fingerprint density at radius 2 is 2.20 bits per heavy atom. The second kappa shape index (κ2) is 8.84. The molecule has 7 nitrogen and oxygen atoms in total. The number of hydrogen-bond acceptors (Lipinski definition) is 7. The van der Waals surface area contributed by atoms with E-state index in [1.807, 2.05) is 19.1 Å². The van der Waals surface area contributed by atoms with Crippen molar-refractivity contribution in [1.82, 2.24) is 20.3 Å². The highest BCUT2D eigenvalue weighted by Crippen LogP contribution is 2.21. The van der Waals surface area contributed by atoms with E-state index < -0.39 is 6.10 Å². The molecule has 1 atom stereocenters. The molecule has 0 fully saturated rings. The van der Waals surface area contributed by atoms with Gasteiger partial charge in [-0.15, -0.1) is 0 Å². The number of ether oxygens (including phenoxy) is 1. The maximum Gasteiger partial charge on any atom is 0.156 e. The third-order valence-electron chi connectivity index (χ3n) is 4.20. The summed E-state index contributed by atoms with van der Waals surface area (Å²) in [6.45, 7) is 5.17. The van der Waals surface area contributed by atoms with Crippen LogP contribution in [0.3, 0.4) is 0 Å². The van der Waals surface area contributed by atoms with Crippen LogP contribution in [0.1, 0.15) is 35.7 Å². The second-order valence-electron chi connectivity index (χ2n) is 5.98. The van der Waals surface area contributed by atoms with E-state index in [2.05, 4.69) is 25.6 Å². The molecule has 1 aliphatic rings. The molecule has 0 unspecified atom stereocenters. The molecular weight excluding hydrogens is 318 g/mol. The molecule has 0 aromatic carbocycles. The first-order valence-electron chi connectivity index (χ1n) is 8.77. The van der Waals surface area contributed by atoms with Crippen molar-refractivity contribution in [3.63, 3.8) is 0 Å². The number of aliphatic hydroxyl groups excluding tert-OH is 1. The zero-order valence-corrected chi connectivity index (χ0v) is 14.5. The number of nitrogens with zero attached hydrogens (tertiary/aromatic N) is 3. The fourth-order valence-corrected chi connectivity index (χ4v) is 2.88. The average molecular weight is 343 g/mol. The van der Waals surface area contributed by atoms with Gasteiger partial charge in [-0.05, 0) is 26.0 Å². The highest BCUT2D eigenvalue weighted by atomic mass is 16.5. The summed E-state index contributed by atoms with van der Waals surface area (Å²) in [5.74, 6) is 1.48. The summed E-state index contributed by atoms with van der Waals surface area (Å²) in [7, 11) is 0. The van der Waals surface area contributed by atoms with Crippen LogP contribution in [0.2, 0.25) is 0 Å². The van der Waals surface area contributed by atoms with Crippen molar-refractivity contribution < 1.29 is 9.84 Å². The lowest BCUT2D eigenvalue weighted by Gasteiger charge is -2.17. The molecule has 0 spiro atoms. The SMILES string of the molecule is CCOCc1nc2c(c(NC[C@@H](O)c3cccnc3)n1)CCNCC2. The minimum atomic E-state index is -0.640. The predicted octanol–water partition coefficient (Wildman–Crippen LogP) is 1.24. The molecular formula is C18H25N5O2. The number of aromatic nitrogens is 3. The van der Waals surface area contributed by atoms with Gasteiger partial charge in [0.1, 0.15) is 12.4 Å². The van der Waals surface area contributed by atoms with Crippen molar-refractivity contribution in [1.29, 1.82) is 0 Å². The van der Waals surface area contributed by atoms with Gasteiger partial charge in [0.2, 0.25) is 0 Å². The number of aliphatic hydroxyl groups is 1. The lowest BCUT2D eigenvalue weighted by molar-refractivity contribution is 0.128. The van der Waals surface area contributed by atoms with E-state index in [-0.39, 0.29) is 0 Å². The second-order valence-corrected chi connectivity index (χ2v) is 5.98. The Balaban J connectivity index is 1.78. The summed E-state index contributed by atoms with van der Waals surface area (Å²) in [5.41, 5.74) is 2.98. The number of rotatable bonds is 7. The highest BCUT2D eigenvalue weighted by Gasteiger charge is 2.17. The minimum absolute atomic E-state index is 0.372. The lowest BCUT2D eigenvalue weighted by Crippen LogP contribution is -2.18.